The van der Waals surface area contributed by atoms with Crippen molar-refractivity contribution in [1.82, 2.24) is 15.1 Å². The Balaban J connectivity index is 1.72. The predicted octanol–water partition coefficient (Wildman–Crippen LogP) is 2.83. The van der Waals surface area contributed by atoms with E-state index in [2.05, 4.69) is 15.5 Å². The van der Waals surface area contributed by atoms with Gasteiger partial charge >= 0.3 is 6.03 Å². The van der Waals surface area contributed by atoms with Gasteiger partial charge in [0.25, 0.3) is 0 Å². The van der Waals surface area contributed by atoms with Crippen molar-refractivity contribution in [3.05, 3.63) is 60.7 Å². The molecular weight excluding hydrogens is 272 g/mol. The van der Waals surface area contributed by atoms with Crippen LogP contribution in [0.25, 0.3) is 0 Å². The minimum Gasteiger partial charge on any atom is -0.467 e. The van der Waals surface area contributed by atoms with E-state index in [9.17, 15) is 4.79 Å². The third kappa shape index (κ3) is 3.33. The molecule has 0 saturated carbocycles. The smallest absolute Gasteiger partial charge is 0.322 e. The summed E-state index contributed by atoms with van der Waals surface area (Å²) in [6.45, 7) is 0.689. The van der Waals surface area contributed by atoms with Crippen molar-refractivity contribution in [2.24, 2.45) is 0 Å². The number of H-pyrrole nitrogens is 1. The molecule has 3 heterocycles. The normalized spacial score (nSPS) is 10.5. The van der Waals surface area contributed by atoms with E-state index in [1.54, 1.807) is 35.8 Å². The van der Waals surface area contributed by atoms with Crippen LogP contribution in [-0.4, -0.2) is 21.1 Å². The van der Waals surface area contributed by atoms with Crippen LogP contribution in [0.1, 0.15) is 11.5 Å². The Hall–Kier alpha value is -2.96. The molecule has 2 amide bonds. The molecule has 7 heteroatoms. The lowest BCUT2D eigenvalue weighted by molar-refractivity contribution is 0.195. The van der Waals surface area contributed by atoms with Crippen molar-refractivity contribution < 1.29 is 13.6 Å². The van der Waals surface area contributed by atoms with Gasteiger partial charge in [-0.1, -0.05) is 0 Å². The van der Waals surface area contributed by atoms with Crippen LogP contribution in [0.2, 0.25) is 0 Å². The van der Waals surface area contributed by atoms with E-state index < -0.39 is 0 Å². The van der Waals surface area contributed by atoms with Crippen LogP contribution in [0.15, 0.2) is 58.0 Å². The van der Waals surface area contributed by atoms with E-state index in [1.165, 1.54) is 6.20 Å². The maximum Gasteiger partial charge on any atom is 0.322 e. The van der Waals surface area contributed by atoms with Gasteiger partial charge in [0.2, 0.25) is 0 Å². The quantitative estimate of drug-likeness (QED) is 0.755. The van der Waals surface area contributed by atoms with Gasteiger partial charge in [-0.2, -0.15) is 5.10 Å². The molecule has 0 aliphatic heterocycles. The summed E-state index contributed by atoms with van der Waals surface area (Å²) in [5.41, 5.74) is 0.601. The molecular formula is C14H14N4O3. The molecule has 0 aliphatic rings. The molecule has 0 aliphatic carbocycles. The van der Waals surface area contributed by atoms with Gasteiger partial charge in [0.05, 0.1) is 37.5 Å². The van der Waals surface area contributed by atoms with Crippen LogP contribution in [0, 0.1) is 0 Å². The Morgan fingerprint density at radius 2 is 1.86 bits per heavy atom. The molecule has 0 bridgehead atoms. The minimum absolute atomic E-state index is 0.260. The maximum absolute atomic E-state index is 12.4. The molecule has 3 aromatic rings. The molecule has 0 radical (unpaired) electrons. The molecule has 0 atom stereocenters. The number of nitrogens with one attached hydrogen (secondary N) is 2. The first-order chi connectivity index (χ1) is 10.3. The third-order valence-corrected chi connectivity index (χ3v) is 2.89. The first-order valence-corrected chi connectivity index (χ1v) is 6.41. The van der Waals surface area contributed by atoms with Crippen molar-refractivity contribution in [3.63, 3.8) is 0 Å². The third-order valence-electron chi connectivity index (χ3n) is 2.89. The standard InChI is InChI=1S/C14H14N4O3/c19-14(17-11-7-15-16-8-11)18(9-12-3-1-5-20-12)10-13-4-2-6-21-13/h1-8H,9-10H2,(H,15,16)(H,17,19). The molecule has 0 unspecified atom stereocenters. The Morgan fingerprint density at radius 1 is 1.19 bits per heavy atom. The topological polar surface area (TPSA) is 87.3 Å². The SMILES string of the molecule is O=C(Nc1cn[nH]c1)N(Cc1ccco1)Cc1ccco1. The van der Waals surface area contributed by atoms with Crippen LogP contribution >= 0.6 is 0 Å². The number of urea groups is 1. The van der Waals surface area contributed by atoms with Gasteiger partial charge in [0, 0.05) is 6.20 Å². The zero-order valence-electron chi connectivity index (χ0n) is 11.2. The highest BCUT2D eigenvalue weighted by Gasteiger charge is 2.17. The highest BCUT2D eigenvalue weighted by molar-refractivity contribution is 5.88. The molecule has 0 aromatic carbocycles. The van der Waals surface area contributed by atoms with E-state index in [0.29, 0.717) is 30.3 Å². The lowest BCUT2D eigenvalue weighted by Gasteiger charge is -2.20. The second-order valence-corrected chi connectivity index (χ2v) is 4.43. The molecule has 21 heavy (non-hydrogen) atoms. The highest BCUT2D eigenvalue weighted by Crippen LogP contribution is 2.13. The van der Waals surface area contributed by atoms with Crippen molar-refractivity contribution in [3.8, 4) is 0 Å². The second-order valence-electron chi connectivity index (χ2n) is 4.43. The van der Waals surface area contributed by atoms with E-state index >= 15 is 0 Å². The average Bonchev–Trinajstić information content (AvgIpc) is 3.21. The van der Waals surface area contributed by atoms with E-state index in [0.717, 1.165) is 0 Å². The molecule has 3 aromatic heterocycles. The molecule has 7 nitrogen and oxygen atoms in total. The summed E-state index contributed by atoms with van der Waals surface area (Å²) >= 11 is 0. The van der Waals surface area contributed by atoms with Crippen LogP contribution in [0.5, 0.6) is 0 Å². The van der Waals surface area contributed by atoms with Crippen molar-refractivity contribution in [2.75, 3.05) is 5.32 Å². The lowest BCUT2D eigenvalue weighted by atomic mass is 10.3. The van der Waals surface area contributed by atoms with Crippen LogP contribution in [-0.2, 0) is 13.1 Å². The Labute approximate surface area is 120 Å². The van der Waals surface area contributed by atoms with Gasteiger partial charge in [-0.15, -0.1) is 0 Å². The Kier molecular flexibility index (Phi) is 3.72. The average molecular weight is 286 g/mol. The first-order valence-electron chi connectivity index (χ1n) is 6.41. The van der Waals surface area contributed by atoms with Crippen LogP contribution in [0.3, 0.4) is 0 Å². The molecule has 0 fully saturated rings. The van der Waals surface area contributed by atoms with Crippen LogP contribution in [0.4, 0.5) is 10.5 Å². The number of carbonyl (C=O) groups excluding carboxylic acids is 1. The van der Waals surface area contributed by atoms with Gasteiger partial charge in [-0.3, -0.25) is 5.10 Å². The fourth-order valence-corrected chi connectivity index (χ4v) is 1.90. The number of nitrogens with zero attached hydrogens (tertiary/aromatic N) is 2. The number of carbonyl (C=O) groups is 1. The maximum atomic E-state index is 12.4. The number of anilines is 1. The van der Waals surface area contributed by atoms with E-state index in [-0.39, 0.29) is 6.03 Å². The number of rotatable bonds is 5. The number of aromatic amines is 1. The van der Waals surface area contributed by atoms with Crippen molar-refractivity contribution >= 4 is 11.7 Å². The predicted molar refractivity (Wildman–Crippen MR) is 74.3 cm³/mol. The summed E-state index contributed by atoms with van der Waals surface area (Å²) in [6.07, 6.45) is 6.30. The fourth-order valence-electron chi connectivity index (χ4n) is 1.90. The van der Waals surface area contributed by atoms with Gasteiger partial charge in [-0.25, -0.2) is 4.79 Å². The number of hydrogen-bond acceptors (Lipinski definition) is 4. The zero-order valence-corrected chi connectivity index (χ0v) is 11.2. The van der Waals surface area contributed by atoms with Gasteiger partial charge in [0.1, 0.15) is 11.5 Å². The molecule has 0 saturated heterocycles. The fraction of sp³-hybridized carbons (Fsp3) is 0.143. The van der Waals surface area contributed by atoms with Crippen molar-refractivity contribution in [2.45, 2.75) is 13.1 Å². The number of hydrogen-bond donors (Lipinski definition) is 2. The monoisotopic (exact) mass is 286 g/mol. The lowest BCUT2D eigenvalue weighted by Crippen LogP contribution is -2.33. The summed E-state index contributed by atoms with van der Waals surface area (Å²) in [4.78, 5) is 13.9. The first kappa shape index (κ1) is 13.0. The molecule has 0 spiro atoms. The second kappa shape index (κ2) is 6.00. The number of aromatic nitrogens is 2. The zero-order chi connectivity index (χ0) is 14.5. The molecule has 108 valence electrons. The number of amides is 2. The summed E-state index contributed by atoms with van der Waals surface area (Å²) in [6, 6.07) is 6.95. The van der Waals surface area contributed by atoms with Crippen LogP contribution < -0.4 is 5.32 Å². The summed E-state index contributed by atoms with van der Waals surface area (Å²) in [5.74, 6) is 1.40. The Morgan fingerprint density at radius 3 is 2.33 bits per heavy atom. The van der Waals surface area contributed by atoms with E-state index in [4.69, 9.17) is 8.83 Å². The highest BCUT2D eigenvalue weighted by atomic mass is 16.3. The summed E-state index contributed by atoms with van der Waals surface area (Å²) < 4.78 is 10.6. The number of furan rings is 2. The summed E-state index contributed by atoms with van der Waals surface area (Å²) in [5, 5.41) is 9.19. The van der Waals surface area contributed by atoms with Gasteiger partial charge < -0.3 is 19.1 Å². The van der Waals surface area contributed by atoms with Gasteiger partial charge in [-0.05, 0) is 24.3 Å². The minimum atomic E-state index is -0.260. The van der Waals surface area contributed by atoms with E-state index in [1.807, 2.05) is 12.1 Å². The van der Waals surface area contributed by atoms with Crippen molar-refractivity contribution in [1.29, 1.82) is 0 Å². The summed E-state index contributed by atoms with van der Waals surface area (Å²) in [7, 11) is 0. The van der Waals surface area contributed by atoms with Gasteiger partial charge in [0.15, 0.2) is 0 Å². The Bertz CT molecular complexity index is 623. The molecule has 3 rings (SSSR count). The largest absolute Gasteiger partial charge is 0.467 e. The molecule has 2 N–H and O–H groups in total.